The molecule has 1 aliphatic heterocycles. The molecule has 1 N–H and O–H groups in total. The van der Waals surface area contributed by atoms with E-state index >= 15 is 0 Å². The summed E-state index contributed by atoms with van der Waals surface area (Å²) in [4.78, 5) is 18.3. The summed E-state index contributed by atoms with van der Waals surface area (Å²) < 4.78 is 41.5. The number of hydrogen-bond acceptors (Lipinski definition) is 5. The summed E-state index contributed by atoms with van der Waals surface area (Å²) in [5.74, 6) is -0.398. The fourth-order valence-corrected chi connectivity index (χ4v) is 3.38. The van der Waals surface area contributed by atoms with Gasteiger partial charge in [-0.3, -0.25) is 9.69 Å². The molecule has 1 aliphatic rings. The van der Waals surface area contributed by atoms with Crippen molar-refractivity contribution in [2.24, 2.45) is 0 Å². The predicted molar refractivity (Wildman–Crippen MR) is 109 cm³/mol. The third-order valence-corrected chi connectivity index (χ3v) is 4.68. The standard InChI is InChI=1S/C23H15F3N4O/c24-23(25,26)20-11-16(14-27)29-22-19(20)12-18(31)13-21(28-15-7-3-1-4-8-15)30(22)17-9-5-2-6-10-17/h1-11,13,28H,12H2. The molecule has 8 heteroatoms. The number of fused-ring (bicyclic) bond motifs is 1. The van der Waals surface area contributed by atoms with Crippen LogP contribution >= 0.6 is 0 Å². The zero-order valence-electron chi connectivity index (χ0n) is 16.0. The van der Waals surface area contributed by atoms with Crippen molar-refractivity contribution in [3.8, 4) is 6.07 Å². The van der Waals surface area contributed by atoms with Crippen LogP contribution in [0, 0.1) is 11.3 Å². The zero-order chi connectivity index (χ0) is 22.0. The van der Waals surface area contributed by atoms with Crippen LogP contribution in [0.25, 0.3) is 0 Å². The van der Waals surface area contributed by atoms with Gasteiger partial charge in [-0.05, 0) is 30.3 Å². The van der Waals surface area contributed by atoms with E-state index in [0.717, 1.165) is 0 Å². The number of benzene rings is 2. The Morgan fingerprint density at radius 1 is 1.03 bits per heavy atom. The number of alkyl halides is 3. The number of nitriles is 1. The highest BCUT2D eigenvalue weighted by Gasteiger charge is 2.38. The van der Waals surface area contributed by atoms with Crippen LogP contribution in [0.1, 0.15) is 16.8 Å². The molecule has 2 aromatic carbocycles. The number of nitrogens with zero attached hydrogens (tertiary/aromatic N) is 3. The second-order valence-corrected chi connectivity index (χ2v) is 6.80. The molecule has 0 aliphatic carbocycles. The van der Waals surface area contributed by atoms with Crippen molar-refractivity contribution >= 4 is 23.0 Å². The van der Waals surface area contributed by atoms with Gasteiger partial charge in [0.05, 0.1) is 5.56 Å². The molecule has 31 heavy (non-hydrogen) atoms. The second kappa shape index (κ2) is 7.95. The Morgan fingerprint density at radius 2 is 1.68 bits per heavy atom. The molecular formula is C23H15F3N4O. The Balaban J connectivity index is 1.98. The first-order valence-electron chi connectivity index (χ1n) is 9.30. The maximum Gasteiger partial charge on any atom is 0.416 e. The number of para-hydroxylation sites is 2. The van der Waals surface area contributed by atoms with Crippen molar-refractivity contribution in [2.45, 2.75) is 12.6 Å². The molecule has 0 amide bonds. The van der Waals surface area contributed by atoms with Crippen LogP contribution in [0.2, 0.25) is 0 Å². The second-order valence-electron chi connectivity index (χ2n) is 6.80. The summed E-state index contributed by atoms with van der Waals surface area (Å²) in [6.07, 6.45) is -3.99. The highest BCUT2D eigenvalue weighted by atomic mass is 19.4. The summed E-state index contributed by atoms with van der Waals surface area (Å²) in [7, 11) is 0. The summed E-state index contributed by atoms with van der Waals surface area (Å²) in [6.45, 7) is 0. The molecule has 0 bridgehead atoms. The van der Waals surface area contributed by atoms with Crippen LogP contribution in [0.3, 0.4) is 0 Å². The molecule has 2 heterocycles. The number of anilines is 3. The van der Waals surface area contributed by atoms with E-state index in [9.17, 15) is 23.2 Å². The minimum Gasteiger partial charge on any atom is -0.341 e. The number of hydrogen-bond donors (Lipinski definition) is 1. The van der Waals surface area contributed by atoms with E-state index in [1.54, 1.807) is 60.7 Å². The van der Waals surface area contributed by atoms with Crippen LogP contribution in [0.15, 0.2) is 78.6 Å². The molecule has 0 saturated carbocycles. The van der Waals surface area contributed by atoms with E-state index in [0.29, 0.717) is 17.4 Å². The third-order valence-electron chi connectivity index (χ3n) is 4.68. The number of aromatic nitrogens is 1. The van der Waals surface area contributed by atoms with Gasteiger partial charge in [-0.1, -0.05) is 36.4 Å². The number of allylic oxidation sites excluding steroid dienone is 1. The van der Waals surface area contributed by atoms with Gasteiger partial charge in [0.2, 0.25) is 0 Å². The quantitative estimate of drug-likeness (QED) is 0.632. The van der Waals surface area contributed by atoms with Crippen LogP contribution in [0.5, 0.6) is 0 Å². The minimum atomic E-state index is -4.75. The van der Waals surface area contributed by atoms with Gasteiger partial charge in [-0.25, -0.2) is 4.98 Å². The number of pyridine rings is 1. The van der Waals surface area contributed by atoms with E-state index < -0.39 is 23.9 Å². The lowest BCUT2D eigenvalue weighted by Gasteiger charge is -2.28. The maximum atomic E-state index is 13.8. The number of ketones is 1. The average molecular weight is 420 g/mol. The molecule has 0 fully saturated rings. The number of nitrogens with one attached hydrogen (secondary N) is 1. The minimum absolute atomic E-state index is 0.113. The Hall–Kier alpha value is -4.12. The summed E-state index contributed by atoms with van der Waals surface area (Å²) in [5, 5.41) is 12.4. The van der Waals surface area contributed by atoms with Gasteiger partial charge in [0.1, 0.15) is 23.4 Å². The van der Waals surface area contributed by atoms with E-state index in [-0.39, 0.29) is 22.9 Å². The highest BCUT2D eigenvalue weighted by Crippen LogP contribution is 2.41. The lowest BCUT2D eigenvalue weighted by Crippen LogP contribution is -2.25. The van der Waals surface area contributed by atoms with Gasteiger partial charge in [0, 0.05) is 29.4 Å². The number of carbonyl (C=O) groups is 1. The smallest absolute Gasteiger partial charge is 0.341 e. The Labute approximate surface area is 176 Å². The Bertz CT molecular complexity index is 1200. The molecule has 3 aromatic rings. The molecule has 4 rings (SSSR count). The van der Waals surface area contributed by atoms with Crippen molar-refractivity contribution < 1.29 is 18.0 Å². The van der Waals surface area contributed by atoms with E-state index in [2.05, 4.69) is 10.3 Å². The summed E-state index contributed by atoms with van der Waals surface area (Å²) in [5.41, 5.74) is -0.582. The van der Waals surface area contributed by atoms with Gasteiger partial charge < -0.3 is 5.32 Å². The number of carbonyl (C=O) groups excluding carboxylic acids is 1. The molecule has 0 unspecified atom stereocenters. The zero-order valence-corrected chi connectivity index (χ0v) is 16.0. The Morgan fingerprint density at radius 3 is 2.29 bits per heavy atom. The highest BCUT2D eigenvalue weighted by molar-refractivity contribution is 5.97. The third kappa shape index (κ3) is 4.12. The van der Waals surface area contributed by atoms with E-state index in [4.69, 9.17) is 0 Å². The monoisotopic (exact) mass is 420 g/mol. The van der Waals surface area contributed by atoms with Gasteiger partial charge in [-0.15, -0.1) is 0 Å². The SMILES string of the molecule is N#Cc1cc(C(F)(F)F)c2c(n1)N(c1ccccc1)C(Nc1ccccc1)=CC(=O)C2. The van der Waals surface area contributed by atoms with Crippen molar-refractivity contribution in [1.29, 1.82) is 5.26 Å². The van der Waals surface area contributed by atoms with Gasteiger partial charge in [0.15, 0.2) is 5.78 Å². The van der Waals surface area contributed by atoms with E-state index in [1.807, 2.05) is 6.07 Å². The van der Waals surface area contributed by atoms with Crippen LogP contribution in [0.4, 0.5) is 30.4 Å². The molecule has 0 spiro atoms. The molecular weight excluding hydrogens is 405 g/mol. The predicted octanol–water partition coefficient (Wildman–Crippen LogP) is 5.19. The normalized spacial score (nSPS) is 13.7. The first-order valence-corrected chi connectivity index (χ1v) is 9.30. The van der Waals surface area contributed by atoms with Gasteiger partial charge >= 0.3 is 6.18 Å². The average Bonchev–Trinajstić information content (AvgIpc) is 2.88. The molecule has 1 aromatic heterocycles. The summed E-state index contributed by atoms with van der Waals surface area (Å²) >= 11 is 0. The maximum absolute atomic E-state index is 13.8. The fraction of sp³-hybridized carbons (Fsp3) is 0.0870. The van der Waals surface area contributed by atoms with Crippen LogP contribution < -0.4 is 10.2 Å². The van der Waals surface area contributed by atoms with Gasteiger partial charge in [0.25, 0.3) is 0 Å². The Kier molecular flexibility index (Phi) is 5.17. The number of halogens is 3. The van der Waals surface area contributed by atoms with Crippen molar-refractivity contribution in [3.63, 3.8) is 0 Å². The van der Waals surface area contributed by atoms with Gasteiger partial charge in [-0.2, -0.15) is 18.4 Å². The first kappa shape index (κ1) is 20.2. The topological polar surface area (TPSA) is 69.0 Å². The largest absolute Gasteiger partial charge is 0.416 e. The fourth-order valence-electron chi connectivity index (χ4n) is 3.38. The molecule has 0 radical (unpaired) electrons. The number of rotatable bonds is 3. The van der Waals surface area contributed by atoms with Crippen molar-refractivity contribution in [2.75, 3.05) is 10.2 Å². The van der Waals surface area contributed by atoms with Crippen LogP contribution in [-0.4, -0.2) is 10.8 Å². The lowest BCUT2D eigenvalue weighted by atomic mass is 10.0. The lowest BCUT2D eigenvalue weighted by molar-refractivity contribution is -0.138. The van der Waals surface area contributed by atoms with E-state index in [1.165, 1.54) is 11.0 Å². The van der Waals surface area contributed by atoms with Crippen LogP contribution in [-0.2, 0) is 17.4 Å². The summed E-state index contributed by atoms with van der Waals surface area (Å²) in [6, 6.07) is 19.9. The molecule has 0 saturated heterocycles. The van der Waals surface area contributed by atoms with Crippen molar-refractivity contribution in [1.82, 2.24) is 4.98 Å². The molecule has 154 valence electrons. The first-order chi connectivity index (χ1) is 14.9. The molecule has 0 atom stereocenters. The molecule has 5 nitrogen and oxygen atoms in total. The van der Waals surface area contributed by atoms with Crippen molar-refractivity contribution in [3.05, 3.63) is 95.4 Å².